The smallest absolute Gasteiger partial charge is 0.235 e. The number of hydrogen-bond acceptors (Lipinski definition) is 4. The van der Waals surface area contributed by atoms with Gasteiger partial charge in [0.1, 0.15) is 16.9 Å². The molecule has 1 aromatic heterocycles. The van der Waals surface area contributed by atoms with Crippen LogP contribution in [0, 0.1) is 0 Å². The SMILES string of the molecule is O=C(Cl)C1(c2onc(-c3ccc(O)cc3)c2-c2ccccc2)CC1. The summed E-state index contributed by atoms with van der Waals surface area (Å²) in [5, 5.41) is 13.3. The normalized spacial score (nSPS) is 15.2. The molecule has 0 radical (unpaired) electrons. The highest BCUT2D eigenvalue weighted by molar-refractivity contribution is 6.66. The van der Waals surface area contributed by atoms with Crippen molar-refractivity contribution in [2.75, 3.05) is 0 Å². The molecule has 2 aromatic carbocycles. The lowest BCUT2D eigenvalue weighted by Crippen LogP contribution is -2.15. The van der Waals surface area contributed by atoms with E-state index in [0.29, 0.717) is 24.3 Å². The minimum absolute atomic E-state index is 0.179. The molecule has 0 unspecified atom stereocenters. The zero-order valence-electron chi connectivity index (χ0n) is 12.7. The van der Waals surface area contributed by atoms with Crippen molar-refractivity contribution >= 4 is 16.8 Å². The summed E-state index contributed by atoms with van der Waals surface area (Å²) >= 11 is 5.84. The number of phenolic OH excluding ortho intramolecular Hbond substituents is 1. The first-order chi connectivity index (χ1) is 11.6. The van der Waals surface area contributed by atoms with E-state index in [1.165, 1.54) is 0 Å². The first kappa shape index (κ1) is 15.0. The summed E-state index contributed by atoms with van der Waals surface area (Å²) in [7, 11) is 0. The van der Waals surface area contributed by atoms with Crippen molar-refractivity contribution < 1.29 is 14.4 Å². The van der Waals surface area contributed by atoms with Gasteiger partial charge in [0, 0.05) is 5.56 Å². The van der Waals surface area contributed by atoms with Gasteiger partial charge in [-0.3, -0.25) is 4.79 Å². The molecule has 0 bridgehead atoms. The lowest BCUT2D eigenvalue weighted by molar-refractivity contribution is -0.114. The molecule has 0 amide bonds. The van der Waals surface area contributed by atoms with Crippen LogP contribution in [0.3, 0.4) is 0 Å². The van der Waals surface area contributed by atoms with Gasteiger partial charge in [0.15, 0.2) is 5.76 Å². The number of aromatic nitrogens is 1. The summed E-state index contributed by atoms with van der Waals surface area (Å²) in [4.78, 5) is 11.9. The monoisotopic (exact) mass is 339 g/mol. The minimum Gasteiger partial charge on any atom is -0.508 e. The van der Waals surface area contributed by atoms with Gasteiger partial charge in [-0.15, -0.1) is 0 Å². The first-order valence-electron chi connectivity index (χ1n) is 7.67. The molecule has 1 aliphatic carbocycles. The molecule has 1 fully saturated rings. The largest absolute Gasteiger partial charge is 0.508 e. The van der Waals surface area contributed by atoms with Gasteiger partial charge < -0.3 is 9.63 Å². The molecule has 3 aromatic rings. The average Bonchev–Trinajstić information content (AvgIpc) is 3.30. The fourth-order valence-electron chi connectivity index (χ4n) is 2.94. The van der Waals surface area contributed by atoms with Crippen LogP contribution in [0.15, 0.2) is 59.1 Å². The molecular weight excluding hydrogens is 326 g/mol. The Hall–Kier alpha value is -2.59. The van der Waals surface area contributed by atoms with Crippen LogP contribution >= 0.6 is 11.6 Å². The molecule has 1 aliphatic rings. The van der Waals surface area contributed by atoms with Crippen LogP contribution < -0.4 is 0 Å². The van der Waals surface area contributed by atoms with Gasteiger partial charge in [0.05, 0.1) is 5.56 Å². The number of benzene rings is 2. The number of carbonyl (C=O) groups excluding carboxylic acids is 1. The Bertz CT molecular complexity index is 896. The summed E-state index contributed by atoms with van der Waals surface area (Å²) in [5.74, 6) is 0.704. The van der Waals surface area contributed by atoms with E-state index in [1.807, 2.05) is 30.3 Å². The lowest BCUT2D eigenvalue weighted by atomic mass is 9.92. The molecule has 5 heteroatoms. The Kier molecular flexibility index (Phi) is 3.43. The number of nitrogens with zero attached hydrogens (tertiary/aromatic N) is 1. The second kappa shape index (κ2) is 5.49. The zero-order chi connectivity index (χ0) is 16.7. The van der Waals surface area contributed by atoms with Crippen LogP contribution in [0.25, 0.3) is 22.4 Å². The van der Waals surface area contributed by atoms with E-state index in [9.17, 15) is 9.90 Å². The predicted octanol–water partition coefficient (Wildman–Crippen LogP) is 4.51. The fourth-order valence-corrected chi connectivity index (χ4v) is 3.22. The van der Waals surface area contributed by atoms with Crippen molar-refractivity contribution in [3.63, 3.8) is 0 Å². The van der Waals surface area contributed by atoms with E-state index in [0.717, 1.165) is 16.7 Å². The van der Waals surface area contributed by atoms with Crippen LogP contribution in [0.4, 0.5) is 0 Å². The van der Waals surface area contributed by atoms with Crippen molar-refractivity contribution in [3.05, 3.63) is 60.4 Å². The van der Waals surface area contributed by atoms with Crippen LogP contribution in [-0.2, 0) is 10.2 Å². The third-order valence-electron chi connectivity index (χ3n) is 4.46. The molecule has 1 heterocycles. The Morgan fingerprint density at radius 1 is 1.04 bits per heavy atom. The maximum atomic E-state index is 11.9. The summed E-state index contributed by atoms with van der Waals surface area (Å²) in [6.07, 6.45) is 1.33. The number of carbonyl (C=O) groups is 1. The molecule has 0 aliphatic heterocycles. The minimum atomic E-state index is -0.769. The van der Waals surface area contributed by atoms with Crippen LogP contribution in [-0.4, -0.2) is 15.5 Å². The molecule has 0 saturated heterocycles. The third kappa shape index (κ3) is 2.31. The predicted molar refractivity (Wildman–Crippen MR) is 90.8 cm³/mol. The zero-order valence-corrected chi connectivity index (χ0v) is 13.5. The summed E-state index contributed by atoms with van der Waals surface area (Å²) in [6, 6.07) is 16.4. The van der Waals surface area contributed by atoms with Crippen LogP contribution in [0.5, 0.6) is 5.75 Å². The van der Waals surface area contributed by atoms with Crippen molar-refractivity contribution in [3.8, 4) is 28.1 Å². The second-order valence-corrected chi connectivity index (χ2v) is 6.35. The van der Waals surface area contributed by atoms with E-state index >= 15 is 0 Å². The molecule has 1 saturated carbocycles. The number of aromatic hydroxyl groups is 1. The summed E-state index contributed by atoms with van der Waals surface area (Å²) in [5.41, 5.74) is 2.38. The van der Waals surface area contributed by atoms with Crippen LogP contribution in [0.1, 0.15) is 18.6 Å². The molecular formula is C19H14ClNO3. The molecule has 0 atom stereocenters. The lowest BCUT2D eigenvalue weighted by Gasteiger charge is -2.10. The number of halogens is 1. The van der Waals surface area contributed by atoms with E-state index in [-0.39, 0.29) is 5.75 Å². The molecule has 0 spiro atoms. The van der Waals surface area contributed by atoms with E-state index in [4.69, 9.17) is 16.1 Å². The van der Waals surface area contributed by atoms with Crippen LogP contribution in [0.2, 0.25) is 0 Å². The number of rotatable bonds is 4. The highest BCUT2D eigenvalue weighted by Gasteiger charge is 2.55. The summed E-state index contributed by atoms with van der Waals surface area (Å²) in [6.45, 7) is 0. The quantitative estimate of drug-likeness (QED) is 0.710. The first-order valence-corrected chi connectivity index (χ1v) is 8.04. The molecule has 4 rings (SSSR count). The van der Waals surface area contributed by atoms with Gasteiger partial charge in [-0.05, 0) is 54.3 Å². The molecule has 120 valence electrons. The van der Waals surface area contributed by atoms with Crippen molar-refractivity contribution in [2.45, 2.75) is 18.3 Å². The van der Waals surface area contributed by atoms with E-state index in [1.54, 1.807) is 24.3 Å². The average molecular weight is 340 g/mol. The maximum absolute atomic E-state index is 11.9. The van der Waals surface area contributed by atoms with Gasteiger partial charge >= 0.3 is 0 Å². The van der Waals surface area contributed by atoms with E-state index in [2.05, 4.69) is 5.16 Å². The Morgan fingerprint density at radius 3 is 2.29 bits per heavy atom. The summed E-state index contributed by atoms with van der Waals surface area (Å²) < 4.78 is 5.61. The third-order valence-corrected chi connectivity index (χ3v) is 4.82. The highest BCUT2D eigenvalue weighted by atomic mass is 35.5. The van der Waals surface area contributed by atoms with Gasteiger partial charge in [-0.25, -0.2) is 0 Å². The topological polar surface area (TPSA) is 63.3 Å². The van der Waals surface area contributed by atoms with Crippen molar-refractivity contribution in [1.82, 2.24) is 5.16 Å². The highest BCUT2D eigenvalue weighted by Crippen LogP contribution is 2.54. The van der Waals surface area contributed by atoms with E-state index < -0.39 is 10.7 Å². The van der Waals surface area contributed by atoms with Gasteiger partial charge in [-0.2, -0.15) is 0 Å². The molecule has 4 nitrogen and oxygen atoms in total. The Balaban J connectivity index is 1.94. The van der Waals surface area contributed by atoms with Gasteiger partial charge in [0.25, 0.3) is 0 Å². The second-order valence-electron chi connectivity index (χ2n) is 6.00. The number of hydrogen-bond donors (Lipinski definition) is 1. The van der Waals surface area contributed by atoms with Crippen molar-refractivity contribution in [1.29, 1.82) is 0 Å². The van der Waals surface area contributed by atoms with Crippen molar-refractivity contribution in [2.24, 2.45) is 0 Å². The Labute approximate surface area is 143 Å². The maximum Gasteiger partial charge on any atom is 0.235 e. The Morgan fingerprint density at radius 2 is 1.71 bits per heavy atom. The number of phenols is 1. The van der Waals surface area contributed by atoms with Gasteiger partial charge in [0.2, 0.25) is 5.24 Å². The van der Waals surface area contributed by atoms with Gasteiger partial charge in [-0.1, -0.05) is 35.5 Å². The fraction of sp³-hybridized carbons (Fsp3) is 0.158. The molecule has 1 N–H and O–H groups in total. The molecule has 24 heavy (non-hydrogen) atoms. The standard InChI is InChI=1S/C19H14ClNO3/c20-18(23)19(10-11-19)17-15(12-4-2-1-3-5-12)16(21-24-17)13-6-8-14(22)9-7-13/h1-9,22H,10-11H2.